The number of rotatable bonds is 7. The normalized spacial score (nSPS) is 17.6. The zero-order valence-electron chi connectivity index (χ0n) is 18.4. The first-order valence-corrected chi connectivity index (χ1v) is 11.7. The maximum atomic E-state index is 12.4. The Balaban J connectivity index is 1.25. The fourth-order valence-electron chi connectivity index (χ4n) is 3.71. The highest BCUT2D eigenvalue weighted by atomic mass is 32.2. The summed E-state index contributed by atoms with van der Waals surface area (Å²) in [5.41, 5.74) is 1.99. The van der Waals surface area contributed by atoms with Crippen LogP contribution >= 0.6 is 11.8 Å². The Bertz CT molecular complexity index is 1060. The molecule has 0 spiro atoms. The van der Waals surface area contributed by atoms with E-state index in [4.69, 9.17) is 4.74 Å². The number of carbonyl (C=O) groups excluding carboxylic acids is 3. The summed E-state index contributed by atoms with van der Waals surface area (Å²) >= 11 is 1.37. The molecular weight excluding hydrogens is 440 g/mol. The number of amides is 3. The highest BCUT2D eigenvalue weighted by molar-refractivity contribution is 8.15. The van der Waals surface area contributed by atoms with E-state index in [0.717, 1.165) is 42.4 Å². The molecule has 33 heavy (non-hydrogen) atoms. The van der Waals surface area contributed by atoms with E-state index in [2.05, 4.69) is 20.5 Å². The molecule has 2 aliphatic rings. The van der Waals surface area contributed by atoms with Gasteiger partial charge < -0.3 is 20.3 Å². The van der Waals surface area contributed by atoms with Gasteiger partial charge >= 0.3 is 0 Å². The summed E-state index contributed by atoms with van der Waals surface area (Å²) < 4.78 is 5.19. The largest absolute Gasteiger partial charge is 0.497 e. The molecule has 2 aromatic carbocycles. The molecule has 0 bridgehead atoms. The van der Waals surface area contributed by atoms with Gasteiger partial charge in [0.1, 0.15) is 11.0 Å². The predicted octanol–water partition coefficient (Wildman–Crippen LogP) is 3.05. The lowest BCUT2D eigenvalue weighted by Crippen LogP contribution is -2.25. The maximum Gasteiger partial charge on any atom is 0.262 e. The number of aliphatic imine (C=N–C) groups is 1. The van der Waals surface area contributed by atoms with E-state index in [1.807, 2.05) is 24.3 Å². The minimum absolute atomic E-state index is 0.0626. The van der Waals surface area contributed by atoms with Crippen molar-refractivity contribution in [3.8, 4) is 5.75 Å². The second-order valence-electron chi connectivity index (χ2n) is 7.90. The van der Waals surface area contributed by atoms with Crippen LogP contribution in [0.2, 0.25) is 0 Å². The van der Waals surface area contributed by atoms with E-state index in [0.29, 0.717) is 17.8 Å². The van der Waals surface area contributed by atoms with Gasteiger partial charge in [0.15, 0.2) is 5.17 Å². The lowest BCUT2D eigenvalue weighted by molar-refractivity contribution is -0.121. The van der Waals surface area contributed by atoms with Crippen LogP contribution in [0.3, 0.4) is 0 Å². The maximum absolute atomic E-state index is 12.4. The summed E-state index contributed by atoms with van der Waals surface area (Å²) in [6.45, 7) is 2.21. The van der Waals surface area contributed by atoms with Crippen molar-refractivity contribution in [3.63, 3.8) is 0 Å². The predicted molar refractivity (Wildman–Crippen MR) is 128 cm³/mol. The number of nitrogens with one attached hydrogen (secondary N) is 2. The van der Waals surface area contributed by atoms with Gasteiger partial charge in [0.05, 0.1) is 7.11 Å². The number of anilines is 1. The van der Waals surface area contributed by atoms with E-state index in [1.165, 1.54) is 11.8 Å². The van der Waals surface area contributed by atoms with Crippen molar-refractivity contribution in [2.45, 2.75) is 31.1 Å². The minimum atomic E-state index is -0.484. The zero-order chi connectivity index (χ0) is 23.2. The first-order chi connectivity index (χ1) is 16.0. The first-order valence-electron chi connectivity index (χ1n) is 10.9. The van der Waals surface area contributed by atoms with Gasteiger partial charge in [-0.25, -0.2) is 0 Å². The summed E-state index contributed by atoms with van der Waals surface area (Å²) in [5, 5.41) is 5.92. The Morgan fingerprint density at radius 2 is 1.91 bits per heavy atom. The van der Waals surface area contributed by atoms with Crippen LogP contribution in [0, 0.1) is 0 Å². The summed E-state index contributed by atoms with van der Waals surface area (Å²) in [7, 11) is 1.60. The van der Waals surface area contributed by atoms with Gasteiger partial charge in [-0.1, -0.05) is 23.9 Å². The molecule has 0 aliphatic carbocycles. The number of ether oxygens (including phenoxy) is 1. The topological polar surface area (TPSA) is 100 Å². The average Bonchev–Trinajstić information content (AvgIpc) is 3.48. The van der Waals surface area contributed by atoms with Crippen molar-refractivity contribution in [2.75, 3.05) is 25.5 Å². The Kier molecular flexibility index (Phi) is 7.29. The minimum Gasteiger partial charge on any atom is -0.497 e. The third-order valence-corrected chi connectivity index (χ3v) is 6.71. The van der Waals surface area contributed by atoms with Crippen molar-refractivity contribution in [1.29, 1.82) is 0 Å². The molecule has 8 nitrogen and oxygen atoms in total. The molecule has 9 heteroatoms. The Hall–Kier alpha value is -3.33. The number of nitrogens with zero attached hydrogens (tertiary/aromatic N) is 2. The van der Waals surface area contributed by atoms with E-state index in [1.54, 1.807) is 31.4 Å². The van der Waals surface area contributed by atoms with Gasteiger partial charge in [0.2, 0.25) is 5.91 Å². The SMILES string of the molecule is COc1cccc(CNC(=O)c2ccc(NC(=O)C[C@H]3SC(N4CCCC4)=NC3=O)cc2)c1. The molecule has 4 rings (SSSR count). The highest BCUT2D eigenvalue weighted by Crippen LogP contribution is 2.29. The van der Waals surface area contributed by atoms with Crippen LogP contribution in [-0.4, -0.2) is 53.2 Å². The highest BCUT2D eigenvalue weighted by Gasteiger charge is 2.33. The third kappa shape index (κ3) is 5.92. The fourth-order valence-corrected chi connectivity index (χ4v) is 4.82. The van der Waals surface area contributed by atoms with E-state index in [-0.39, 0.29) is 24.1 Å². The molecule has 1 atom stereocenters. The van der Waals surface area contributed by atoms with Gasteiger partial charge in [0, 0.05) is 37.3 Å². The van der Waals surface area contributed by atoms with Crippen LogP contribution in [-0.2, 0) is 16.1 Å². The lowest BCUT2D eigenvalue weighted by Gasteiger charge is -2.16. The van der Waals surface area contributed by atoms with Crippen LogP contribution in [0.5, 0.6) is 5.75 Å². The third-order valence-electron chi connectivity index (χ3n) is 5.49. The van der Waals surface area contributed by atoms with Gasteiger partial charge in [-0.3, -0.25) is 14.4 Å². The molecule has 0 saturated carbocycles. The van der Waals surface area contributed by atoms with Crippen molar-refractivity contribution in [3.05, 3.63) is 59.7 Å². The number of carbonyl (C=O) groups is 3. The number of hydrogen-bond donors (Lipinski definition) is 2. The second-order valence-corrected chi connectivity index (χ2v) is 9.07. The number of amidine groups is 1. The van der Waals surface area contributed by atoms with Gasteiger partial charge in [-0.2, -0.15) is 4.99 Å². The summed E-state index contributed by atoms with van der Waals surface area (Å²) in [6, 6.07) is 14.1. The van der Waals surface area contributed by atoms with Crippen LogP contribution in [0.4, 0.5) is 5.69 Å². The number of benzene rings is 2. The molecule has 2 aromatic rings. The second kappa shape index (κ2) is 10.5. The van der Waals surface area contributed by atoms with Crippen molar-refractivity contribution in [2.24, 2.45) is 4.99 Å². The molecule has 0 radical (unpaired) electrons. The number of likely N-dealkylation sites (tertiary alicyclic amines) is 1. The summed E-state index contributed by atoms with van der Waals surface area (Å²) in [4.78, 5) is 43.3. The molecule has 172 valence electrons. The monoisotopic (exact) mass is 466 g/mol. The van der Waals surface area contributed by atoms with Crippen molar-refractivity contribution < 1.29 is 19.1 Å². The standard InChI is InChI=1S/C24H26N4O4S/c1-32-19-6-4-5-16(13-19)15-25-22(30)17-7-9-18(10-8-17)26-21(29)14-20-23(31)27-24(33-20)28-11-2-3-12-28/h4-10,13,20H,2-3,11-12,14-15H2,1H3,(H,25,30)(H,26,29)/t20-/m1/s1. The Morgan fingerprint density at radius 1 is 1.15 bits per heavy atom. The molecule has 2 aliphatic heterocycles. The van der Waals surface area contributed by atoms with Crippen molar-refractivity contribution >= 4 is 40.3 Å². The van der Waals surface area contributed by atoms with E-state index >= 15 is 0 Å². The smallest absolute Gasteiger partial charge is 0.262 e. The molecule has 2 heterocycles. The average molecular weight is 467 g/mol. The summed E-state index contributed by atoms with van der Waals surface area (Å²) in [5.74, 6) is 0.0164. The molecule has 3 amide bonds. The quantitative estimate of drug-likeness (QED) is 0.651. The number of thioether (sulfide) groups is 1. The molecular formula is C24H26N4O4S. The Labute approximate surface area is 196 Å². The van der Waals surface area contributed by atoms with Crippen LogP contribution in [0.15, 0.2) is 53.5 Å². The van der Waals surface area contributed by atoms with Gasteiger partial charge in [0.25, 0.3) is 11.8 Å². The van der Waals surface area contributed by atoms with Crippen LogP contribution in [0.25, 0.3) is 0 Å². The van der Waals surface area contributed by atoms with Crippen LogP contribution < -0.4 is 15.4 Å². The number of hydrogen-bond acceptors (Lipinski definition) is 6. The van der Waals surface area contributed by atoms with E-state index in [9.17, 15) is 14.4 Å². The first kappa shape index (κ1) is 22.8. The molecule has 0 unspecified atom stereocenters. The summed E-state index contributed by atoms with van der Waals surface area (Å²) in [6.07, 6.45) is 2.27. The van der Waals surface area contributed by atoms with Crippen LogP contribution in [0.1, 0.15) is 35.2 Å². The Morgan fingerprint density at radius 3 is 2.64 bits per heavy atom. The lowest BCUT2D eigenvalue weighted by atomic mass is 10.1. The fraction of sp³-hybridized carbons (Fsp3) is 0.333. The molecule has 0 aromatic heterocycles. The van der Waals surface area contributed by atoms with Gasteiger partial charge in [-0.15, -0.1) is 0 Å². The molecule has 1 fully saturated rings. The van der Waals surface area contributed by atoms with Crippen molar-refractivity contribution in [1.82, 2.24) is 10.2 Å². The number of methoxy groups -OCH3 is 1. The molecule has 1 saturated heterocycles. The van der Waals surface area contributed by atoms with Gasteiger partial charge in [-0.05, 0) is 54.8 Å². The zero-order valence-corrected chi connectivity index (χ0v) is 19.2. The molecule has 2 N–H and O–H groups in total. The van der Waals surface area contributed by atoms with E-state index < -0.39 is 5.25 Å².